The molecule has 0 aliphatic rings. The SMILES string of the molecule is C=C(Cc1ccccc1O)Cc1ccccc1O. The maximum atomic E-state index is 9.69. The van der Waals surface area contributed by atoms with Crippen LogP contribution in [0.5, 0.6) is 11.5 Å². The Hall–Kier alpha value is -2.22. The summed E-state index contributed by atoms with van der Waals surface area (Å²) in [6, 6.07) is 14.5. The van der Waals surface area contributed by atoms with Gasteiger partial charge < -0.3 is 10.2 Å². The van der Waals surface area contributed by atoms with E-state index in [0.717, 1.165) is 16.7 Å². The van der Waals surface area contributed by atoms with Gasteiger partial charge in [0.15, 0.2) is 0 Å². The van der Waals surface area contributed by atoms with Gasteiger partial charge >= 0.3 is 0 Å². The Balaban J connectivity index is 2.06. The molecule has 0 bridgehead atoms. The summed E-state index contributed by atoms with van der Waals surface area (Å²) in [5.41, 5.74) is 2.67. The van der Waals surface area contributed by atoms with Crippen molar-refractivity contribution in [2.45, 2.75) is 12.8 Å². The van der Waals surface area contributed by atoms with Crippen molar-refractivity contribution in [1.29, 1.82) is 0 Å². The summed E-state index contributed by atoms with van der Waals surface area (Å²) in [7, 11) is 0. The fourth-order valence-corrected chi connectivity index (χ4v) is 1.92. The molecule has 18 heavy (non-hydrogen) atoms. The lowest BCUT2D eigenvalue weighted by Crippen LogP contribution is -1.95. The largest absolute Gasteiger partial charge is 0.508 e. The normalized spacial score (nSPS) is 10.2. The summed E-state index contributed by atoms with van der Waals surface area (Å²) < 4.78 is 0. The summed E-state index contributed by atoms with van der Waals surface area (Å²) >= 11 is 0. The lowest BCUT2D eigenvalue weighted by molar-refractivity contribution is 0.467. The number of aromatic hydroxyl groups is 2. The minimum absolute atomic E-state index is 0.288. The molecule has 2 aromatic rings. The van der Waals surface area contributed by atoms with Crippen molar-refractivity contribution in [1.82, 2.24) is 0 Å². The molecule has 2 heteroatoms. The Morgan fingerprint density at radius 3 is 1.56 bits per heavy atom. The van der Waals surface area contributed by atoms with Crippen molar-refractivity contribution in [3.8, 4) is 11.5 Å². The first-order valence-electron chi connectivity index (χ1n) is 5.87. The van der Waals surface area contributed by atoms with Gasteiger partial charge in [-0.05, 0) is 36.1 Å². The summed E-state index contributed by atoms with van der Waals surface area (Å²) in [6.07, 6.45) is 1.22. The first-order valence-corrected chi connectivity index (χ1v) is 5.87. The van der Waals surface area contributed by atoms with Gasteiger partial charge in [0, 0.05) is 0 Å². The van der Waals surface area contributed by atoms with Gasteiger partial charge in [-0.15, -0.1) is 0 Å². The molecule has 0 radical (unpaired) electrons. The first kappa shape index (κ1) is 12.2. The van der Waals surface area contributed by atoms with Crippen molar-refractivity contribution in [2.75, 3.05) is 0 Å². The molecular weight excluding hydrogens is 224 g/mol. The molecule has 0 fully saturated rings. The van der Waals surface area contributed by atoms with Gasteiger partial charge in [-0.2, -0.15) is 0 Å². The third-order valence-electron chi connectivity index (χ3n) is 2.86. The summed E-state index contributed by atoms with van der Waals surface area (Å²) in [4.78, 5) is 0. The van der Waals surface area contributed by atoms with E-state index in [1.54, 1.807) is 24.3 Å². The van der Waals surface area contributed by atoms with Crippen LogP contribution >= 0.6 is 0 Å². The average molecular weight is 240 g/mol. The van der Waals surface area contributed by atoms with Gasteiger partial charge in [0.05, 0.1) is 0 Å². The third kappa shape index (κ3) is 2.92. The molecular formula is C16H16O2. The number of para-hydroxylation sites is 2. The van der Waals surface area contributed by atoms with E-state index in [9.17, 15) is 10.2 Å². The Kier molecular flexibility index (Phi) is 3.68. The highest BCUT2D eigenvalue weighted by atomic mass is 16.3. The van der Waals surface area contributed by atoms with Crippen molar-refractivity contribution < 1.29 is 10.2 Å². The molecule has 0 heterocycles. The number of benzene rings is 2. The van der Waals surface area contributed by atoms with Crippen LogP contribution in [0.3, 0.4) is 0 Å². The van der Waals surface area contributed by atoms with Gasteiger partial charge in [0.2, 0.25) is 0 Å². The van der Waals surface area contributed by atoms with E-state index in [1.807, 2.05) is 24.3 Å². The second-order valence-corrected chi connectivity index (χ2v) is 4.36. The van der Waals surface area contributed by atoms with Gasteiger partial charge in [0.25, 0.3) is 0 Å². The Bertz CT molecular complexity index is 509. The van der Waals surface area contributed by atoms with E-state index in [2.05, 4.69) is 6.58 Å². The van der Waals surface area contributed by atoms with Gasteiger partial charge in [0.1, 0.15) is 11.5 Å². The number of rotatable bonds is 4. The summed E-state index contributed by atoms with van der Waals surface area (Å²) in [6.45, 7) is 4.01. The quantitative estimate of drug-likeness (QED) is 0.804. The molecule has 2 N–H and O–H groups in total. The van der Waals surface area contributed by atoms with Crippen LogP contribution in [0, 0.1) is 0 Å². The standard InChI is InChI=1S/C16H16O2/c1-12(10-13-6-2-4-8-15(13)17)11-14-7-3-5-9-16(14)18/h2-9,17-18H,1,10-11H2. The third-order valence-corrected chi connectivity index (χ3v) is 2.86. The van der Waals surface area contributed by atoms with Crippen LogP contribution in [0.4, 0.5) is 0 Å². The van der Waals surface area contributed by atoms with Crippen LogP contribution in [-0.2, 0) is 12.8 Å². The molecule has 0 saturated carbocycles. The monoisotopic (exact) mass is 240 g/mol. The number of hydrogen-bond acceptors (Lipinski definition) is 2. The highest BCUT2D eigenvalue weighted by Gasteiger charge is 2.05. The topological polar surface area (TPSA) is 40.5 Å². The highest BCUT2D eigenvalue weighted by Crippen LogP contribution is 2.23. The fourth-order valence-electron chi connectivity index (χ4n) is 1.92. The van der Waals surface area contributed by atoms with Crippen molar-refractivity contribution >= 4 is 0 Å². The molecule has 2 aromatic carbocycles. The molecule has 0 unspecified atom stereocenters. The minimum Gasteiger partial charge on any atom is -0.508 e. The van der Waals surface area contributed by atoms with E-state index in [-0.39, 0.29) is 11.5 Å². The van der Waals surface area contributed by atoms with E-state index >= 15 is 0 Å². The van der Waals surface area contributed by atoms with Crippen LogP contribution in [0.15, 0.2) is 60.7 Å². The molecule has 2 nitrogen and oxygen atoms in total. The smallest absolute Gasteiger partial charge is 0.119 e. The molecule has 2 rings (SSSR count). The second-order valence-electron chi connectivity index (χ2n) is 4.36. The highest BCUT2D eigenvalue weighted by molar-refractivity contribution is 5.38. The van der Waals surface area contributed by atoms with E-state index < -0.39 is 0 Å². The molecule has 0 saturated heterocycles. The maximum absolute atomic E-state index is 9.69. The zero-order valence-electron chi connectivity index (χ0n) is 10.1. The predicted molar refractivity (Wildman–Crippen MR) is 72.8 cm³/mol. The zero-order valence-corrected chi connectivity index (χ0v) is 10.1. The molecule has 92 valence electrons. The molecule has 0 aliphatic carbocycles. The number of hydrogen-bond donors (Lipinski definition) is 2. The van der Waals surface area contributed by atoms with E-state index in [0.29, 0.717) is 12.8 Å². The van der Waals surface area contributed by atoms with Gasteiger partial charge in [-0.25, -0.2) is 0 Å². The lowest BCUT2D eigenvalue weighted by Gasteiger charge is -2.09. The van der Waals surface area contributed by atoms with Crippen molar-refractivity contribution in [3.05, 3.63) is 71.8 Å². The van der Waals surface area contributed by atoms with E-state index in [1.165, 1.54) is 0 Å². The van der Waals surface area contributed by atoms with Crippen LogP contribution in [0.2, 0.25) is 0 Å². The Morgan fingerprint density at radius 1 is 0.778 bits per heavy atom. The number of phenols is 2. The Labute approximate surface area is 107 Å². The molecule has 0 atom stereocenters. The fraction of sp³-hybridized carbons (Fsp3) is 0.125. The lowest BCUT2D eigenvalue weighted by atomic mass is 9.99. The minimum atomic E-state index is 0.288. The molecule has 0 spiro atoms. The van der Waals surface area contributed by atoms with Crippen LogP contribution in [0.1, 0.15) is 11.1 Å². The van der Waals surface area contributed by atoms with Crippen LogP contribution in [-0.4, -0.2) is 10.2 Å². The number of phenolic OH excluding ortho intramolecular Hbond substituents is 2. The summed E-state index contributed by atoms with van der Waals surface area (Å²) in [5, 5.41) is 19.4. The van der Waals surface area contributed by atoms with Crippen molar-refractivity contribution in [2.24, 2.45) is 0 Å². The first-order chi connectivity index (χ1) is 8.66. The second kappa shape index (κ2) is 5.41. The van der Waals surface area contributed by atoms with Gasteiger partial charge in [-0.3, -0.25) is 0 Å². The Morgan fingerprint density at radius 2 is 1.17 bits per heavy atom. The summed E-state index contributed by atoms with van der Waals surface area (Å²) in [5.74, 6) is 0.576. The predicted octanol–water partition coefficient (Wildman–Crippen LogP) is 3.44. The molecule has 0 amide bonds. The van der Waals surface area contributed by atoms with Crippen LogP contribution in [0.25, 0.3) is 0 Å². The molecule has 0 aromatic heterocycles. The van der Waals surface area contributed by atoms with Gasteiger partial charge in [-0.1, -0.05) is 48.6 Å². The van der Waals surface area contributed by atoms with E-state index in [4.69, 9.17) is 0 Å². The van der Waals surface area contributed by atoms with Crippen molar-refractivity contribution in [3.63, 3.8) is 0 Å². The number of allylic oxidation sites excluding steroid dienone is 1. The maximum Gasteiger partial charge on any atom is 0.119 e. The van der Waals surface area contributed by atoms with Crippen LogP contribution < -0.4 is 0 Å². The average Bonchev–Trinajstić information content (AvgIpc) is 2.35. The zero-order chi connectivity index (χ0) is 13.0. The molecule has 0 aliphatic heterocycles.